The van der Waals surface area contributed by atoms with Gasteiger partial charge in [-0.2, -0.15) is 0 Å². The van der Waals surface area contributed by atoms with E-state index in [9.17, 15) is 0 Å². The summed E-state index contributed by atoms with van der Waals surface area (Å²) >= 11 is 1.73. The van der Waals surface area contributed by atoms with Crippen molar-refractivity contribution in [3.63, 3.8) is 0 Å². The molecule has 51 heavy (non-hydrogen) atoms. The third-order valence-electron chi connectivity index (χ3n) is 8.96. The maximum Gasteiger partial charge on any atom is 0.164 e. The molecule has 2 heterocycles. The zero-order chi connectivity index (χ0) is 34.0. The monoisotopic (exact) mass is 670 g/mol. The molecule has 0 unspecified atom stereocenters. The maximum absolute atomic E-state index is 5.10. The highest BCUT2D eigenvalue weighted by molar-refractivity contribution is 7.21. The van der Waals surface area contributed by atoms with Crippen molar-refractivity contribution < 1.29 is 0 Å². The van der Waals surface area contributed by atoms with Gasteiger partial charge in [0.15, 0.2) is 17.5 Å². The van der Waals surface area contributed by atoms with E-state index in [2.05, 4.69) is 115 Å². The van der Waals surface area contributed by atoms with Crippen LogP contribution in [0.3, 0.4) is 0 Å². The molecule has 9 aromatic rings. The smallest absolute Gasteiger partial charge is 0.164 e. The molecule has 0 bridgehead atoms. The summed E-state index contributed by atoms with van der Waals surface area (Å²) in [7, 11) is 0. The molecule has 240 valence electrons. The van der Waals surface area contributed by atoms with E-state index in [4.69, 9.17) is 19.9 Å². The van der Waals surface area contributed by atoms with Crippen molar-refractivity contribution in [1.82, 2.24) is 19.9 Å². The lowest BCUT2D eigenvalue weighted by molar-refractivity contribution is 1.07. The molecule has 5 heteroatoms. The van der Waals surface area contributed by atoms with Crippen molar-refractivity contribution in [2.24, 2.45) is 0 Å². The molecule has 9 rings (SSSR count). The largest absolute Gasteiger partial charge is 0.235 e. The fourth-order valence-corrected chi connectivity index (χ4v) is 7.40. The Bertz CT molecular complexity index is 2580. The van der Waals surface area contributed by atoms with Crippen molar-refractivity contribution in [2.75, 3.05) is 0 Å². The molecule has 0 fully saturated rings. The van der Waals surface area contributed by atoms with Crippen LogP contribution in [0.1, 0.15) is 0 Å². The Morgan fingerprint density at radius 1 is 0.294 bits per heavy atom. The van der Waals surface area contributed by atoms with Crippen molar-refractivity contribution in [1.29, 1.82) is 0 Å². The fraction of sp³-hybridized carbons (Fsp3) is 0. The Hall–Kier alpha value is -6.56. The third-order valence-corrected chi connectivity index (χ3v) is 10.0. The first-order chi connectivity index (χ1) is 25.2. The molecule has 0 radical (unpaired) electrons. The summed E-state index contributed by atoms with van der Waals surface area (Å²) in [5.74, 6) is 1.94. The van der Waals surface area contributed by atoms with Crippen molar-refractivity contribution in [3.8, 4) is 78.1 Å². The quantitative estimate of drug-likeness (QED) is 0.169. The molecule has 0 saturated carbocycles. The van der Waals surface area contributed by atoms with Gasteiger partial charge in [0.1, 0.15) is 5.01 Å². The Labute approximate surface area is 300 Å². The van der Waals surface area contributed by atoms with Crippen LogP contribution in [-0.4, -0.2) is 19.9 Å². The van der Waals surface area contributed by atoms with Crippen molar-refractivity contribution in [2.45, 2.75) is 0 Å². The van der Waals surface area contributed by atoms with E-state index < -0.39 is 0 Å². The average molecular weight is 671 g/mol. The molecule has 0 aliphatic carbocycles. The van der Waals surface area contributed by atoms with Crippen LogP contribution in [0.2, 0.25) is 0 Å². The predicted molar refractivity (Wildman–Crippen MR) is 211 cm³/mol. The first-order valence-corrected chi connectivity index (χ1v) is 17.7. The van der Waals surface area contributed by atoms with E-state index in [1.54, 1.807) is 11.3 Å². The lowest BCUT2D eigenvalue weighted by Gasteiger charge is -2.11. The first-order valence-electron chi connectivity index (χ1n) is 16.9. The Kier molecular flexibility index (Phi) is 8.01. The molecular formula is C46H30N4S. The Balaban J connectivity index is 1.07. The van der Waals surface area contributed by atoms with E-state index in [1.807, 2.05) is 66.7 Å². The molecule has 2 aromatic heterocycles. The van der Waals surface area contributed by atoms with Crippen LogP contribution in [0.5, 0.6) is 0 Å². The number of fused-ring (bicyclic) bond motifs is 1. The number of hydrogen-bond acceptors (Lipinski definition) is 5. The SMILES string of the molecule is c1ccc(-c2nc(-c3ccccc3)nc(-c3cccc(-c4cccc(-c5cccc(-c6cccc7sc(-c8ccccc8)nc67)c5)c4)c3)n2)cc1. The molecule has 0 N–H and O–H groups in total. The van der Waals surface area contributed by atoms with Gasteiger partial charge in [-0.05, 0) is 52.1 Å². The lowest BCUT2D eigenvalue weighted by Crippen LogP contribution is -2.00. The highest BCUT2D eigenvalue weighted by Gasteiger charge is 2.14. The molecule has 0 aliphatic heterocycles. The van der Waals surface area contributed by atoms with Crippen LogP contribution < -0.4 is 0 Å². The molecule has 0 amide bonds. The second-order valence-corrected chi connectivity index (χ2v) is 13.3. The number of aromatic nitrogens is 4. The minimum atomic E-state index is 0.639. The number of benzene rings is 7. The van der Waals surface area contributed by atoms with Crippen LogP contribution >= 0.6 is 11.3 Å². The van der Waals surface area contributed by atoms with Crippen molar-refractivity contribution in [3.05, 3.63) is 182 Å². The van der Waals surface area contributed by atoms with Gasteiger partial charge in [0.25, 0.3) is 0 Å². The topological polar surface area (TPSA) is 51.6 Å². The highest BCUT2D eigenvalue weighted by atomic mass is 32.1. The molecular weight excluding hydrogens is 641 g/mol. The molecule has 0 saturated heterocycles. The summed E-state index contributed by atoms with van der Waals surface area (Å²) < 4.78 is 1.18. The van der Waals surface area contributed by atoms with Crippen molar-refractivity contribution >= 4 is 21.6 Å². The summed E-state index contributed by atoms with van der Waals surface area (Å²) in [5, 5.41) is 1.04. The van der Waals surface area contributed by atoms with Gasteiger partial charge in [0.05, 0.1) is 10.2 Å². The lowest BCUT2D eigenvalue weighted by atomic mass is 9.95. The van der Waals surface area contributed by atoms with E-state index in [0.29, 0.717) is 17.5 Å². The van der Waals surface area contributed by atoms with Crippen LogP contribution in [0.25, 0.3) is 88.3 Å². The zero-order valence-corrected chi connectivity index (χ0v) is 28.3. The van der Waals surface area contributed by atoms with Gasteiger partial charge >= 0.3 is 0 Å². The zero-order valence-electron chi connectivity index (χ0n) is 27.5. The summed E-state index contributed by atoms with van der Waals surface area (Å²) in [5.41, 5.74) is 11.8. The number of nitrogens with zero attached hydrogens (tertiary/aromatic N) is 4. The summed E-state index contributed by atoms with van der Waals surface area (Å²) in [6.45, 7) is 0. The Morgan fingerprint density at radius 2 is 0.686 bits per heavy atom. The molecule has 0 spiro atoms. The summed E-state index contributed by atoms with van der Waals surface area (Å²) in [6, 6.07) is 62.9. The fourth-order valence-electron chi connectivity index (χ4n) is 6.41. The van der Waals surface area contributed by atoms with Gasteiger partial charge < -0.3 is 0 Å². The van der Waals surface area contributed by atoms with Crippen LogP contribution in [-0.2, 0) is 0 Å². The number of rotatable bonds is 7. The van der Waals surface area contributed by atoms with Gasteiger partial charge in [-0.25, -0.2) is 19.9 Å². The standard InChI is InChI=1S/C46H30N4S/c1-4-14-31(15-5-1)43-48-44(32-16-6-2-7-17-32)50-45(49-43)39-25-12-23-37(30-39)35-21-10-20-34(28-35)36-22-11-24-38(29-36)40-26-13-27-41-42(40)47-46(51-41)33-18-8-3-9-19-33/h1-30H. The van der Waals surface area contributed by atoms with Gasteiger partial charge in [-0.3, -0.25) is 0 Å². The number of para-hydroxylation sites is 1. The Morgan fingerprint density at radius 3 is 1.24 bits per heavy atom. The second-order valence-electron chi connectivity index (χ2n) is 12.3. The first kappa shape index (κ1) is 30.5. The second kappa shape index (κ2) is 13.4. The summed E-state index contributed by atoms with van der Waals surface area (Å²) in [4.78, 5) is 19.9. The molecule has 4 nitrogen and oxygen atoms in total. The van der Waals surface area contributed by atoms with Gasteiger partial charge in [-0.1, -0.05) is 158 Å². The number of thiazole rings is 1. The minimum absolute atomic E-state index is 0.639. The van der Waals surface area contributed by atoms with E-state index in [-0.39, 0.29) is 0 Å². The number of hydrogen-bond donors (Lipinski definition) is 0. The normalized spacial score (nSPS) is 11.1. The minimum Gasteiger partial charge on any atom is -0.235 e. The predicted octanol–water partition coefficient (Wildman–Crippen LogP) is 12.2. The molecule has 7 aromatic carbocycles. The van der Waals surface area contributed by atoms with Crippen LogP contribution in [0.15, 0.2) is 182 Å². The van der Waals surface area contributed by atoms with E-state index >= 15 is 0 Å². The van der Waals surface area contributed by atoms with Crippen LogP contribution in [0, 0.1) is 0 Å². The maximum atomic E-state index is 5.10. The van der Waals surface area contributed by atoms with Crippen LogP contribution in [0.4, 0.5) is 0 Å². The van der Waals surface area contributed by atoms with E-state index in [1.165, 1.54) is 4.70 Å². The van der Waals surface area contributed by atoms with Gasteiger partial charge in [0.2, 0.25) is 0 Å². The molecule has 0 atom stereocenters. The van der Waals surface area contributed by atoms with Gasteiger partial charge in [0, 0.05) is 27.8 Å². The highest BCUT2D eigenvalue weighted by Crippen LogP contribution is 2.37. The summed E-state index contributed by atoms with van der Waals surface area (Å²) in [6.07, 6.45) is 0. The third kappa shape index (κ3) is 6.23. The molecule has 0 aliphatic rings. The van der Waals surface area contributed by atoms with Gasteiger partial charge in [-0.15, -0.1) is 11.3 Å². The average Bonchev–Trinajstić information content (AvgIpc) is 3.67. The van der Waals surface area contributed by atoms with E-state index in [0.717, 1.165) is 66.2 Å².